The summed E-state index contributed by atoms with van der Waals surface area (Å²) in [6.45, 7) is 13.1. The van der Waals surface area contributed by atoms with Crippen molar-refractivity contribution in [3.63, 3.8) is 0 Å². The van der Waals surface area contributed by atoms with Crippen molar-refractivity contribution in [1.82, 2.24) is 21.3 Å². The van der Waals surface area contributed by atoms with Crippen LogP contribution in [0.3, 0.4) is 0 Å². The van der Waals surface area contributed by atoms with Crippen LogP contribution in [0, 0.1) is 11.3 Å². The third-order valence-corrected chi connectivity index (χ3v) is 5.21. The van der Waals surface area contributed by atoms with Crippen LogP contribution in [0.4, 0.5) is 4.79 Å². The molecule has 0 aromatic heterocycles. The predicted octanol–water partition coefficient (Wildman–Crippen LogP) is 0.957. The van der Waals surface area contributed by atoms with E-state index in [0.717, 1.165) is 0 Å². The minimum absolute atomic E-state index is 0.156. The first kappa shape index (κ1) is 29.3. The molecule has 0 bridgehead atoms. The molecule has 3 unspecified atom stereocenters. The summed E-state index contributed by atoms with van der Waals surface area (Å²) >= 11 is 0. The molecule has 5 atom stereocenters. The molecule has 1 saturated heterocycles. The summed E-state index contributed by atoms with van der Waals surface area (Å²) in [6.07, 6.45) is -0.677. The zero-order valence-electron chi connectivity index (χ0n) is 21.2. The van der Waals surface area contributed by atoms with Crippen LogP contribution >= 0.6 is 0 Å². The van der Waals surface area contributed by atoms with Crippen LogP contribution in [0.5, 0.6) is 0 Å². The molecule has 11 heteroatoms. The number of hydrogen-bond acceptors (Lipinski definition) is 6. The van der Waals surface area contributed by atoms with Gasteiger partial charge in [0.15, 0.2) is 0 Å². The second-order valence-corrected chi connectivity index (χ2v) is 11.0. The average molecular weight is 485 g/mol. The number of carboxylic acid groups (broad SMARTS) is 1. The van der Waals surface area contributed by atoms with Gasteiger partial charge in [-0.15, -0.1) is 0 Å². The van der Waals surface area contributed by atoms with Crippen molar-refractivity contribution < 1.29 is 33.8 Å². The number of hydrogen-bond donors (Lipinski definition) is 5. The van der Waals surface area contributed by atoms with Gasteiger partial charge in [-0.1, -0.05) is 20.8 Å². The van der Waals surface area contributed by atoms with E-state index in [0.29, 0.717) is 19.3 Å². The molecule has 0 aromatic rings. The van der Waals surface area contributed by atoms with Gasteiger partial charge >= 0.3 is 6.09 Å². The Kier molecular flexibility index (Phi) is 10.5. The van der Waals surface area contributed by atoms with Crippen LogP contribution < -0.4 is 21.3 Å². The monoisotopic (exact) mass is 484 g/mol. The minimum Gasteiger partial charge on any atom is -0.465 e. The van der Waals surface area contributed by atoms with Crippen molar-refractivity contribution >= 4 is 30.1 Å². The van der Waals surface area contributed by atoms with Crippen molar-refractivity contribution in [2.45, 2.75) is 97.6 Å². The number of carbonyl (C=O) groups excluding carboxylic acids is 4. The summed E-state index contributed by atoms with van der Waals surface area (Å²) in [5, 5.41) is 19.3. The van der Waals surface area contributed by atoms with Crippen LogP contribution in [0.2, 0.25) is 0 Å². The molecule has 0 spiro atoms. The van der Waals surface area contributed by atoms with Gasteiger partial charge in [-0.3, -0.25) is 14.4 Å². The smallest absolute Gasteiger partial charge is 0.405 e. The van der Waals surface area contributed by atoms with Crippen molar-refractivity contribution in [2.75, 3.05) is 6.54 Å². The zero-order chi connectivity index (χ0) is 26.3. The number of ether oxygens (including phenoxy) is 1. The highest BCUT2D eigenvalue weighted by molar-refractivity contribution is 5.92. The highest BCUT2D eigenvalue weighted by Crippen LogP contribution is 2.22. The van der Waals surface area contributed by atoms with Gasteiger partial charge in [0.2, 0.25) is 17.7 Å². The largest absolute Gasteiger partial charge is 0.465 e. The average Bonchev–Trinajstić information content (AvgIpc) is 3.06. The maximum atomic E-state index is 13.1. The van der Waals surface area contributed by atoms with Gasteiger partial charge in [-0.2, -0.15) is 0 Å². The van der Waals surface area contributed by atoms with Crippen LogP contribution in [0.1, 0.15) is 67.7 Å². The second-order valence-electron chi connectivity index (χ2n) is 11.0. The molecule has 5 N–H and O–H groups in total. The van der Waals surface area contributed by atoms with Crippen molar-refractivity contribution in [1.29, 1.82) is 0 Å². The van der Waals surface area contributed by atoms with E-state index >= 15 is 0 Å². The molecule has 11 nitrogen and oxygen atoms in total. The minimum atomic E-state index is -1.41. The first-order chi connectivity index (χ1) is 15.5. The van der Waals surface area contributed by atoms with E-state index in [1.807, 2.05) is 20.8 Å². The zero-order valence-corrected chi connectivity index (χ0v) is 21.2. The normalized spacial score (nSPS) is 19.9. The Labute approximate surface area is 201 Å². The molecule has 1 rings (SSSR count). The summed E-state index contributed by atoms with van der Waals surface area (Å²) in [7, 11) is 0. The maximum Gasteiger partial charge on any atom is 0.405 e. The molecule has 0 aliphatic carbocycles. The Hall–Kier alpha value is -2.69. The van der Waals surface area contributed by atoms with E-state index in [9.17, 15) is 29.1 Å². The van der Waals surface area contributed by atoms with E-state index in [-0.39, 0.29) is 30.1 Å². The molecular weight excluding hydrogens is 444 g/mol. The topological polar surface area (TPSA) is 163 Å². The highest BCUT2D eigenvalue weighted by atomic mass is 16.5. The summed E-state index contributed by atoms with van der Waals surface area (Å²) in [5.74, 6) is -1.83. The molecule has 4 amide bonds. The summed E-state index contributed by atoms with van der Waals surface area (Å²) in [4.78, 5) is 60.9. The van der Waals surface area contributed by atoms with Crippen molar-refractivity contribution in [3.05, 3.63) is 0 Å². The lowest BCUT2D eigenvalue weighted by Gasteiger charge is -2.32. The quantitative estimate of drug-likeness (QED) is 0.273. The fraction of sp³-hybridized carbons (Fsp3) is 0.783. The van der Waals surface area contributed by atoms with E-state index in [1.165, 1.54) is 0 Å². The molecule has 0 aromatic carbocycles. The standard InChI is InChI=1S/C23H40N4O7/c1-13(34-23(5,6)7)17(27-21(32)33)20(31)26-16(11-22(2,3)4)19(30)25-15(12-28)10-14-8-9-24-18(14)29/h12-17,27H,8-11H2,1-7H3,(H,24,29)(H,25,30)(H,26,31)(H,32,33)/t13-,14?,15?,16?,17+/m1/s1. The lowest BCUT2D eigenvalue weighted by Crippen LogP contribution is -2.59. The summed E-state index contributed by atoms with van der Waals surface area (Å²) in [5.41, 5.74) is -1.01. The number of rotatable bonds is 11. The Morgan fingerprint density at radius 2 is 1.74 bits per heavy atom. The Morgan fingerprint density at radius 3 is 2.18 bits per heavy atom. The lowest BCUT2D eigenvalue weighted by molar-refractivity contribution is -0.136. The first-order valence-electron chi connectivity index (χ1n) is 11.5. The molecule has 0 saturated carbocycles. The highest BCUT2D eigenvalue weighted by Gasteiger charge is 2.35. The van der Waals surface area contributed by atoms with E-state index in [1.54, 1.807) is 27.7 Å². The number of carbonyl (C=O) groups is 5. The van der Waals surface area contributed by atoms with Gasteiger partial charge in [0.05, 0.1) is 17.7 Å². The number of aldehydes is 1. The van der Waals surface area contributed by atoms with Gasteiger partial charge in [0, 0.05) is 12.5 Å². The first-order valence-corrected chi connectivity index (χ1v) is 11.5. The van der Waals surface area contributed by atoms with Crippen LogP contribution in [0.25, 0.3) is 0 Å². The van der Waals surface area contributed by atoms with Crippen molar-refractivity contribution in [2.24, 2.45) is 11.3 Å². The number of amides is 4. The molecule has 1 aliphatic rings. The van der Waals surface area contributed by atoms with Gasteiger partial charge < -0.3 is 35.9 Å². The predicted molar refractivity (Wildman–Crippen MR) is 125 cm³/mol. The van der Waals surface area contributed by atoms with Gasteiger partial charge in [0.25, 0.3) is 0 Å². The van der Waals surface area contributed by atoms with Gasteiger partial charge in [-0.25, -0.2) is 4.79 Å². The fourth-order valence-electron chi connectivity index (χ4n) is 3.85. The van der Waals surface area contributed by atoms with Gasteiger partial charge in [0.1, 0.15) is 18.4 Å². The molecule has 194 valence electrons. The third-order valence-electron chi connectivity index (χ3n) is 5.21. The summed E-state index contributed by atoms with van der Waals surface area (Å²) < 4.78 is 5.76. The molecule has 1 fully saturated rings. The lowest BCUT2D eigenvalue weighted by atomic mass is 9.87. The SMILES string of the molecule is C[C@@H](OC(C)(C)C)[C@H](NC(=O)O)C(=O)NC(CC(C)(C)C)C(=O)NC(C=O)CC1CCNC1=O. The molecule has 1 aliphatic heterocycles. The van der Waals surface area contributed by atoms with Crippen LogP contribution in [-0.2, 0) is 23.9 Å². The van der Waals surface area contributed by atoms with E-state index in [2.05, 4.69) is 21.3 Å². The van der Waals surface area contributed by atoms with Crippen LogP contribution in [-0.4, -0.2) is 71.6 Å². The Balaban J connectivity index is 3.01. The van der Waals surface area contributed by atoms with Crippen molar-refractivity contribution in [3.8, 4) is 0 Å². The third kappa shape index (κ3) is 10.5. The Morgan fingerprint density at radius 1 is 1.12 bits per heavy atom. The molecular formula is C23H40N4O7. The van der Waals surface area contributed by atoms with E-state index in [4.69, 9.17) is 4.74 Å². The fourth-order valence-corrected chi connectivity index (χ4v) is 3.85. The maximum absolute atomic E-state index is 13.1. The second kappa shape index (κ2) is 12.1. The number of nitrogens with one attached hydrogen (secondary N) is 4. The van der Waals surface area contributed by atoms with Gasteiger partial charge in [-0.05, 0) is 52.4 Å². The molecule has 1 heterocycles. The molecule has 0 radical (unpaired) electrons. The Bertz CT molecular complexity index is 757. The molecule has 34 heavy (non-hydrogen) atoms. The van der Waals surface area contributed by atoms with Crippen LogP contribution in [0.15, 0.2) is 0 Å². The summed E-state index contributed by atoms with van der Waals surface area (Å²) in [6, 6.07) is -3.19. The van der Waals surface area contributed by atoms with E-state index < -0.39 is 47.7 Å².